The first-order valence-corrected chi connectivity index (χ1v) is 4.68. The average molecular weight is 271 g/mol. The highest BCUT2D eigenvalue weighted by Crippen LogP contribution is 2.28. The monoisotopic (exact) mass is 270 g/mol. The molecule has 0 aliphatic heterocycles. The number of alkyl halides is 3. The summed E-state index contributed by atoms with van der Waals surface area (Å²) in [6.45, 7) is 0. The zero-order valence-corrected chi connectivity index (χ0v) is 8.74. The molecule has 0 aliphatic carbocycles. The van der Waals surface area contributed by atoms with E-state index in [1.54, 1.807) is 0 Å². The summed E-state index contributed by atoms with van der Waals surface area (Å²) in [5.41, 5.74) is 5.60. The third-order valence-electron chi connectivity index (χ3n) is 1.48. The van der Waals surface area contributed by atoms with Crippen LogP contribution < -0.4 is 5.73 Å². The van der Waals surface area contributed by atoms with E-state index in [-0.39, 0.29) is 17.4 Å². The molecule has 2 nitrogen and oxygen atoms in total. The highest BCUT2D eigenvalue weighted by Gasteiger charge is 2.13. The summed E-state index contributed by atoms with van der Waals surface area (Å²) >= 11 is 8.62. The van der Waals surface area contributed by atoms with Crippen LogP contribution in [0.25, 0.3) is 0 Å². The largest absolute Gasteiger partial charge is 0.383 e. The maximum Gasteiger partial charge on any atom is 0.280 e. The second-order valence-corrected chi connectivity index (χ2v) is 3.45. The van der Waals surface area contributed by atoms with Crippen molar-refractivity contribution < 1.29 is 8.78 Å². The normalized spacial score (nSPS) is 10.8. The Balaban J connectivity index is 3.20. The van der Waals surface area contributed by atoms with Crippen molar-refractivity contribution in [2.75, 3.05) is 5.73 Å². The number of halogens is 4. The van der Waals surface area contributed by atoms with Crippen molar-refractivity contribution >= 4 is 33.3 Å². The first kappa shape index (κ1) is 10.7. The Morgan fingerprint density at radius 3 is 2.62 bits per heavy atom. The average Bonchev–Trinajstić information content (AvgIpc) is 2.03. The van der Waals surface area contributed by atoms with Gasteiger partial charge in [0.1, 0.15) is 11.5 Å². The Bertz CT molecular complexity index is 296. The molecule has 0 bridgehead atoms. The van der Waals surface area contributed by atoms with E-state index in [1.807, 2.05) is 0 Å². The van der Waals surface area contributed by atoms with Gasteiger partial charge in [0, 0.05) is 10.0 Å². The molecule has 1 rings (SSSR count). The molecule has 2 N–H and O–H groups in total. The third-order valence-corrected chi connectivity index (χ3v) is 2.45. The number of nitrogens with zero attached hydrogens (tertiary/aromatic N) is 1. The molecule has 0 fully saturated rings. The summed E-state index contributed by atoms with van der Waals surface area (Å²) in [6.07, 6.45) is -2.62. The number of rotatable bonds is 2. The number of nitrogens with two attached hydrogens (primary N) is 1. The maximum absolute atomic E-state index is 12.2. The van der Waals surface area contributed by atoms with Crippen LogP contribution in [0.5, 0.6) is 0 Å². The number of nitrogen functional groups attached to an aromatic ring is 1. The molecule has 1 aromatic heterocycles. The van der Waals surface area contributed by atoms with Gasteiger partial charge in [-0.05, 0) is 6.07 Å². The van der Waals surface area contributed by atoms with Crippen LogP contribution in [-0.2, 0) is 5.88 Å². The van der Waals surface area contributed by atoms with Gasteiger partial charge in [0.15, 0.2) is 0 Å². The summed E-state index contributed by atoms with van der Waals surface area (Å²) in [6, 6.07) is 1.22. The second kappa shape index (κ2) is 4.19. The van der Waals surface area contributed by atoms with Gasteiger partial charge in [0.25, 0.3) is 6.43 Å². The molecule has 0 saturated carbocycles. The van der Waals surface area contributed by atoms with Crippen molar-refractivity contribution in [3.05, 3.63) is 21.8 Å². The Morgan fingerprint density at radius 1 is 1.62 bits per heavy atom. The fraction of sp³-hybridized carbons (Fsp3) is 0.286. The summed E-state index contributed by atoms with van der Waals surface area (Å²) < 4.78 is 24.8. The van der Waals surface area contributed by atoms with Gasteiger partial charge in [0.05, 0.1) is 5.88 Å². The Labute approximate surface area is 87.2 Å². The van der Waals surface area contributed by atoms with Crippen LogP contribution in [0.2, 0.25) is 0 Å². The van der Waals surface area contributed by atoms with Gasteiger partial charge >= 0.3 is 0 Å². The van der Waals surface area contributed by atoms with Gasteiger partial charge in [-0.3, -0.25) is 0 Å². The Hall–Kier alpha value is -0.420. The van der Waals surface area contributed by atoms with E-state index in [1.165, 1.54) is 6.07 Å². The first-order chi connectivity index (χ1) is 6.06. The number of hydrogen-bond donors (Lipinski definition) is 1. The molecule has 0 atom stereocenters. The zero-order chi connectivity index (χ0) is 10.0. The fourth-order valence-corrected chi connectivity index (χ4v) is 1.84. The Morgan fingerprint density at radius 2 is 2.23 bits per heavy atom. The lowest BCUT2D eigenvalue weighted by Crippen LogP contribution is -2.01. The van der Waals surface area contributed by atoms with Crippen LogP contribution >= 0.6 is 27.5 Å². The number of anilines is 1. The highest BCUT2D eigenvalue weighted by molar-refractivity contribution is 9.10. The van der Waals surface area contributed by atoms with Crippen LogP contribution in [0.15, 0.2) is 10.5 Å². The maximum atomic E-state index is 12.2. The first-order valence-electron chi connectivity index (χ1n) is 3.35. The second-order valence-electron chi connectivity index (χ2n) is 2.33. The minimum Gasteiger partial charge on any atom is -0.383 e. The molecule has 0 aromatic carbocycles. The smallest absolute Gasteiger partial charge is 0.280 e. The Kier molecular flexibility index (Phi) is 3.44. The summed E-state index contributed by atoms with van der Waals surface area (Å²) in [5.74, 6) is 0.183. The molecule has 0 aliphatic rings. The van der Waals surface area contributed by atoms with Crippen molar-refractivity contribution in [3.63, 3.8) is 0 Å². The standard InChI is InChI=1S/C7H6BrClF2N2/c8-4-1-5(6(10)11)13-7(12)3(4)2-9/h1,6H,2H2,(H2,12,13). The quantitative estimate of drug-likeness (QED) is 0.840. The van der Waals surface area contributed by atoms with Crippen LogP contribution in [-0.4, -0.2) is 4.98 Å². The van der Waals surface area contributed by atoms with E-state index < -0.39 is 6.43 Å². The zero-order valence-electron chi connectivity index (χ0n) is 6.40. The van der Waals surface area contributed by atoms with Crippen LogP contribution in [0.3, 0.4) is 0 Å². The van der Waals surface area contributed by atoms with Crippen LogP contribution in [0.4, 0.5) is 14.6 Å². The van der Waals surface area contributed by atoms with E-state index in [2.05, 4.69) is 20.9 Å². The molecular formula is C7H6BrClF2N2. The lowest BCUT2D eigenvalue weighted by molar-refractivity contribution is 0.146. The van der Waals surface area contributed by atoms with Crippen molar-refractivity contribution in [3.8, 4) is 0 Å². The van der Waals surface area contributed by atoms with Crippen molar-refractivity contribution in [2.45, 2.75) is 12.3 Å². The molecule has 0 amide bonds. The summed E-state index contributed by atoms with van der Waals surface area (Å²) in [5, 5.41) is 0. The van der Waals surface area contributed by atoms with Gasteiger partial charge in [-0.15, -0.1) is 11.6 Å². The molecule has 13 heavy (non-hydrogen) atoms. The van der Waals surface area contributed by atoms with Crippen LogP contribution in [0, 0.1) is 0 Å². The van der Waals surface area contributed by atoms with Gasteiger partial charge < -0.3 is 5.73 Å². The molecule has 0 spiro atoms. The van der Waals surface area contributed by atoms with Gasteiger partial charge in [-0.2, -0.15) is 0 Å². The van der Waals surface area contributed by atoms with Crippen LogP contribution in [0.1, 0.15) is 17.7 Å². The number of pyridine rings is 1. The SMILES string of the molecule is Nc1nc(C(F)F)cc(Br)c1CCl. The number of aromatic nitrogens is 1. The molecule has 1 aromatic rings. The van der Waals surface area contributed by atoms with Gasteiger partial charge in [-0.1, -0.05) is 15.9 Å². The predicted molar refractivity (Wildman–Crippen MR) is 50.9 cm³/mol. The molecular weight excluding hydrogens is 265 g/mol. The lowest BCUT2D eigenvalue weighted by atomic mass is 10.2. The third kappa shape index (κ3) is 2.28. The fourth-order valence-electron chi connectivity index (χ4n) is 0.822. The van der Waals surface area contributed by atoms with Gasteiger partial charge in [-0.25, -0.2) is 13.8 Å². The molecule has 0 unspecified atom stereocenters. The topological polar surface area (TPSA) is 38.9 Å². The van der Waals surface area contributed by atoms with Crippen molar-refractivity contribution in [1.82, 2.24) is 4.98 Å². The summed E-state index contributed by atoms with van der Waals surface area (Å²) in [4.78, 5) is 3.52. The molecule has 72 valence electrons. The van der Waals surface area contributed by atoms with Crippen molar-refractivity contribution in [1.29, 1.82) is 0 Å². The molecule has 1 heterocycles. The van der Waals surface area contributed by atoms with E-state index in [9.17, 15) is 8.78 Å². The lowest BCUT2D eigenvalue weighted by Gasteiger charge is -2.06. The molecule has 0 saturated heterocycles. The van der Waals surface area contributed by atoms with E-state index in [4.69, 9.17) is 17.3 Å². The highest BCUT2D eigenvalue weighted by atomic mass is 79.9. The summed E-state index contributed by atoms with van der Waals surface area (Å²) in [7, 11) is 0. The number of hydrogen-bond acceptors (Lipinski definition) is 2. The minimum absolute atomic E-state index is 0.0414. The molecule has 6 heteroatoms. The van der Waals surface area contributed by atoms with E-state index in [0.717, 1.165) is 0 Å². The van der Waals surface area contributed by atoms with Gasteiger partial charge in [0.2, 0.25) is 0 Å². The minimum atomic E-state index is -2.62. The van der Waals surface area contributed by atoms with E-state index >= 15 is 0 Å². The molecule has 0 radical (unpaired) electrons. The predicted octanol–water partition coefficient (Wildman–Crippen LogP) is 3.10. The van der Waals surface area contributed by atoms with Crippen molar-refractivity contribution in [2.24, 2.45) is 0 Å². The van der Waals surface area contributed by atoms with E-state index in [0.29, 0.717) is 10.0 Å².